The van der Waals surface area contributed by atoms with Crippen molar-refractivity contribution in [1.82, 2.24) is 4.98 Å². The second kappa shape index (κ2) is 6.71. The third kappa shape index (κ3) is 3.28. The van der Waals surface area contributed by atoms with Gasteiger partial charge in [0, 0.05) is 11.6 Å². The van der Waals surface area contributed by atoms with Gasteiger partial charge < -0.3 is 0 Å². The van der Waals surface area contributed by atoms with Crippen molar-refractivity contribution in [2.75, 3.05) is 0 Å². The number of nitro groups is 1. The standard InChI is InChI=1S/C11H7ClN2O2.C2H6/c12-11-10(14(15)16)7-6-9(13-11)8-4-2-1-3-5-8;1-2/h1-7H;1-2H3. The number of benzene rings is 1. The minimum Gasteiger partial charge on any atom is -0.258 e. The molecule has 0 aliphatic rings. The molecule has 0 fully saturated rings. The fourth-order valence-corrected chi connectivity index (χ4v) is 1.56. The van der Waals surface area contributed by atoms with Crippen LogP contribution in [-0.2, 0) is 0 Å². The van der Waals surface area contributed by atoms with E-state index in [1.165, 1.54) is 6.07 Å². The molecule has 0 atom stereocenters. The Morgan fingerprint density at radius 1 is 1.11 bits per heavy atom. The Balaban J connectivity index is 0.000000771. The van der Waals surface area contributed by atoms with E-state index in [4.69, 9.17) is 11.6 Å². The molecular formula is C13H13ClN2O2. The number of aromatic nitrogens is 1. The Labute approximate surface area is 110 Å². The van der Waals surface area contributed by atoms with E-state index in [1.807, 2.05) is 44.2 Å². The van der Waals surface area contributed by atoms with Gasteiger partial charge in [0.25, 0.3) is 0 Å². The maximum absolute atomic E-state index is 10.6. The van der Waals surface area contributed by atoms with Gasteiger partial charge >= 0.3 is 5.69 Å². The van der Waals surface area contributed by atoms with Crippen LogP contribution in [0.4, 0.5) is 5.69 Å². The third-order valence-electron chi connectivity index (χ3n) is 2.10. The molecule has 1 heterocycles. The van der Waals surface area contributed by atoms with Gasteiger partial charge in [0.15, 0.2) is 0 Å². The lowest BCUT2D eigenvalue weighted by Crippen LogP contribution is -1.92. The van der Waals surface area contributed by atoms with Gasteiger partial charge in [-0.15, -0.1) is 0 Å². The average Bonchev–Trinajstić information content (AvgIpc) is 2.41. The predicted molar refractivity (Wildman–Crippen MR) is 72.7 cm³/mol. The summed E-state index contributed by atoms with van der Waals surface area (Å²) >= 11 is 5.72. The van der Waals surface area contributed by atoms with Crippen LogP contribution >= 0.6 is 11.6 Å². The molecule has 0 aliphatic heterocycles. The number of nitrogens with zero attached hydrogens (tertiary/aromatic N) is 2. The second-order valence-electron chi connectivity index (χ2n) is 3.13. The predicted octanol–water partition coefficient (Wildman–Crippen LogP) is 4.34. The van der Waals surface area contributed by atoms with Gasteiger partial charge in [-0.3, -0.25) is 10.1 Å². The maximum atomic E-state index is 10.6. The monoisotopic (exact) mass is 264 g/mol. The molecule has 1 aromatic heterocycles. The molecule has 0 N–H and O–H groups in total. The normalized spacial score (nSPS) is 9.28. The molecule has 2 rings (SSSR count). The zero-order valence-electron chi connectivity index (χ0n) is 10.1. The van der Waals surface area contributed by atoms with E-state index in [9.17, 15) is 10.1 Å². The highest BCUT2D eigenvalue weighted by atomic mass is 35.5. The molecule has 0 saturated heterocycles. The van der Waals surface area contributed by atoms with Crippen molar-refractivity contribution >= 4 is 17.3 Å². The summed E-state index contributed by atoms with van der Waals surface area (Å²) in [6.07, 6.45) is 0. The molecule has 94 valence electrons. The summed E-state index contributed by atoms with van der Waals surface area (Å²) in [7, 11) is 0. The van der Waals surface area contributed by atoms with E-state index in [0.29, 0.717) is 5.69 Å². The summed E-state index contributed by atoms with van der Waals surface area (Å²) in [5.41, 5.74) is 1.32. The number of hydrogen-bond acceptors (Lipinski definition) is 3. The second-order valence-corrected chi connectivity index (χ2v) is 3.49. The molecule has 0 saturated carbocycles. The van der Waals surface area contributed by atoms with Crippen LogP contribution < -0.4 is 0 Å². The van der Waals surface area contributed by atoms with Gasteiger partial charge in [0.1, 0.15) is 0 Å². The first-order valence-electron chi connectivity index (χ1n) is 5.55. The van der Waals surface area contributed by atoms with Crippen molar-refractivity contribution < 1.29 is 4.92 Å². The number of pyridine rings is 1. The van der Waals surface area contributed by atoms with Crippen molar-refractivity contribution in [3.63, 3.8) is 0 Å². The highest BCUT2D eigenvalue weighted by molar-refractivity contribution is 6.31. The smallest absolute Gasteiger partial charge is 0.258 e. The topological polar surface area (TPSA) is 56.0 Å². The Bertz CT molecular complexity index is 530. The summed E-state index contributed by atoms with van der Waals surface area (Å²) in [6, 6.07) is 12.3. The fraction of sp³-hybridized carbons (Fsp3) is 0.154. The van der Waals surface area contributed by atoms with Crippen molar-refractivity contribution in [3.8, 4) is 11.3 Å². The molecule has 5 heteroatoms. The summed E-state index contributed by atoms with van der Waals surface area (Å²) in [5.74, 6) is 0. The van der Waals surface area contributed by atoms with Gasteiger partial charge in [-0.05, 0) is 6.07 Å². The van der Waals surface area contributed by atoms with E-state index >= 15 is 0 Å². The molecular weight excluding hydrogens is 252 g/mol. The van der Waals surface area contributed by atoms with Crippen LogP contribution in [0.5, 0.6) is 0 Å². The van der Waals surface area contributed by atoms with E-state index in [1.54, 1.807) is 6.07 Å². The van der Waals surface area contributed by atoms with Crippen molar-refractivity contribution in [2.24, 2.45) is 0 Å². The quantitative estimate of drug-likeness (QED) is 0.461. The Kier molecular flexibility index (Phi) is 5.27. The number of rotatable bonds is 2. The zero-order chi connectivity index (χ0) is 13.5. The molecule has 0 aliphatic carbocycles. The van der Waals surface area contributed by atoms with Gasteiger partial charge in [-0.1, -0.05) is 55.8 Å². The molecule has 0 radical (unpaired) electrons. The van der Waals surface area contributed by atoms with Crippen LogP contribution in [-0.4, -0.2) is 9.91 Å². The highest BCUT2D eigenvalue weighted by Gasteiger charge is 2.13. The fourth-order valence-electron chi connectivity index (χ4n) is 1.33. The van der Waals surface area contributed by atoms with Gasteiger partial charge in [-0.2, -0.15) is 0 Å². The number of hydrogen-bond donors (Lipinski definition) is 0. The summed E-state index contributed by atoms with van der Waals surface area (Å²) < 4.78 is 0. The van der Waals surface area contributed by atoms with Crippen molar-refractivity contribution in [2.45, 2.75) is 13.8 Å². The van der Waals surface area contributed by atoms with Crippen molar-refractivity contribution in [3.05, 3.63) is 57.7 Å². The first-order valence-corrected chi connectivity index (χ1v) is 5.92. The van der Waals surface area contributed by atoms with E-state index in [-0.39, 0.29) is 10.8 Å². The minimum absolute atomic E-state index is 0.0913. The van der Waals surface area contributed by atoms with Crippen molar-refractivity contribution in [1.29, 1.82) is 0 Å². The van der Waals surface area contributed by atoms with Crippen LogP contribution in [0.3, 0.4) is 0 Å². The summed E-state index contributed by atoms with van der Waals surface area (Å²) in [5, 5.41) is 10.5. The Morgan fingerprint density at radius 2 is 1.72 bits per heavy atom. The lowest BCUT2D eigenvalue weighted by molar-refractivity contribution is -0.385. The van der Waals surface area contributed by atoms with Crippen LogP contribution in [0, 0.1) is 10.1 Å². The lowest BCUT2D eigenvalue weighted by Gasteiger charge is -2.01. The van der Waals surface area contributed by atoms with E-state index in [0.717, 1.165) is 5.56 Å². The molecule has 4 nitrogen and oxygen atoms in total. The van der Waals surface area contributed by atoms with E-state index in [2.05, 4.69) is 4.98 Å². The summed E-state index contributed by atoms with van der Waals surface area (Å²) in [4.78, 5) is 14.0. The summed E-state index contributed by atoms with van der Waals surface area (Å²) in [6.45, 7) is 4.00. The molecule has 1 aromatic carbocycles. The van der Waals surface area contributed by atoms with Gasteiger partial charge in [0.2, 0.25) is 5.15 Å². The molecule has 2 aromatic rings. The average molecular weight is 265 g/mol. The molecule has 18 heavy (non-hydrogen) atoms. The maximum Gasteiger partial charge on any atom is 0.306 e. The molecule has 0 amide bonds. The lowest BCUT2D eigenvalue weighted by atomic mass is 10.1. The molecule has 0 spiro atoms. The van der Waals surface area contributed by atoms with Crippen LogP contribution in [0.1, 0.15) is 13.8 Å². The number of halogens is 1. The first-order chi connectivity index (χ1) is 8.68. The molecule has 0 unspecified atom stereocenters. The Morgan fingerprint density at radius 3 is 2.22 bits per heavy atom. The van der Waals surface area contributed by atoms with Crippen LogP contribution in [0.25, 0.3) is 11.3 Å². The molecule has 0 bridgehead atoms. The minimum atomic E-state index is -0.551. The van der Waals surface area contributed by atoms with Gasteiger partial charge in [-0.25, -0.2) is 4.98 Å². The highest BCUT2D eigenvalue weighted by Crippen LogP contribution is 2.26. The zero-order valence-corrected chi connectivity index (χ0v) is 10.9. The SMILES string of the molecule is CC.O=[N+]([O-])c1ccc(-c2ccccc2)nc1Cl. The first kappa shape index (κ1) is 14.1. The third-order valence-corrected chi connectivity index (χ3v) is 2.37. The largest absolute Gasteiger partial charge is 0.306 e. The van der Waals surface area contributed by atoms with Crippen LogP contribution in [0.2, 0.25) is 5.15 Å². The van der Waals surface area contributed by atoms with Crippen LogP contribution in [0.15, 0.2) is 42.5 Å². The Hall–Kier alpha value is -1.94. The van der Waals surface area contributed by atoms with Gasteiger partial charge in [0.05, 0.1) is 10.6 Å². The van der Waals surface area contributed by atoms with E-state index < -0.39 is 4.92 Å².